The molecule has 2 aromatic rings. The monoisotopic (exact) mass is 352 g/mol. The quantitative estimate of drug-likeness (QED) is 0.782. The Kier molecular flexibility index (Phi) is 6.19. The van der Waals surface area contributed by atoms with E-state index in [1.54, 1.807) is 25.8 Å². The van der Waals surface area contributed by atoms with E-state index < -0.39 is 5.41 Å². The SMILES string of the molecule is CC(C)c1ccc(NC(=O)C(C)(C)C(=O)N(C)Cc2ccccc2)cc1. The number of carbonyl (C=O) groups is 2. The van der Waals surface area contributed by atoms with Gasteiger partial charge in [-0.3, -0.25) is 9.59 Å². The van der Waals surface area contributed by atoms with Crippen LogP contribution in [-0.4, -0.2) is 23.8 Å². The minimum absolute atomic E-state index is 0.211. The molecule has 0 unspecified atom stereocenters. The first-order valence-corrected chi connectivity index (χ1v) is 8.92. The van der Waals surface area contributed by atoms with Gasteiger partial charge in [0.2, 0.25) is 11.8 Å². The second-order valence-electron chi connectivity index (χ2n) is 7.50. The van der Waals surface area contributed by atoms with Gasteiger partial charge >= 0.3 is 0 Å². The average molecular weight is 352 g/mol. The van der Waals surface area contributed by atoms with Gasteiger partial charge in [0, 0.05) is 19.3 Å². The molecule has 2 aromatic carbocycles. The molecule has 0 atom stereocenters. The number of benzene rings is 2. The zero-order chi connectivity index (χ0) is 19.3. The van der Waals surface area contributed by atoms with E-state index in [2.05, 4.69) is 19.2 Å². The first-order valence-electron chi connectivity index (χ1n) is 8.92. The van der Waals surface area contributed by atoms with Crippen molar-refractivity contribution >= 4 is 17.5 Å². The smallest absolute Gasteiger partial charge is 0.239 e. The van der Waals surface area contributed by atoms with Crippen molar-refractivity contribution in [3.8, 4) is 0 Å². The third kappa shape index (κ3) is 4.72. The normalized spacial score (nSPS) is 11.3. The summed E-state index contributed by atoms with van der Waals surface area (Å²) in [5.41, 5.74) is 1.79. The zero-order valence-electron chi connectivity index (χ0n) is 16.2. The van der Waals surface area contributed by atoms with E-state index in [9.17, 15) is 9.59 Å². The molecule has 0 aromatic heterocycles. The van der Waals surface area contributed by atoms with Gasteiger partial charge in [0.25, 0.3) is 0 Å². The molecule has 0 heterocycles. The third-order valence-electron chi connectivity index (χ3n) is 4.55. The van der Waals surface area contributed by atoms with Gasteiger partial charge in [-0.05, 0) is 43.0 Å². The van der Waals surface area contributed by atoms with Gasteiger partial charge < -0.3 is 10.2 Å². The first-order chi connectivity index (χ1) is 12.2. The number of amides is 2. The summed E-state index contributed by atoms with van der Waals surface area (Å²) in [7, 11) is 1.72. The predicted molar refractivity (Wildman–Crippen MR) is 106 cm³/mol. The molecule has 4 nitrogen and oxygen atoms in total. The highest BCUT2D eigenvalue weighted by atomic mass is 16.2. The minimum Gasteiger partial charge on any atom is -0.341 e. The van der Waals surface area contributed by atoms with E-state index in [-0.39, 0.29) is 11.8 Å². The van der Waals surface area contributed by atoms with E-state index in [1.807, 2.05) is 54.6 Å². The Bertz CT molecular complexity index is 749. The van der Waals surface area contributed by atoms with Crippen LogP contribution >= 0.6 is 0 Å². The Hall–Kier alpha value is -2.62. The molecule has 0 aliphatic rings. The van der Waals surface area contributed by atoms with Crippen molar-refractivity contribution in [1.82, 2.24) is 4.90 Å². The molecule has 26 heavy (non-hydrogen) atoms. The summed E-state index contributed by atoms with van der Waals surface area (Å²) in [4.78, 5) is 27.1. The molecular formula is C22H28N2O2. The van der Waals surface area contributed by atoms with E-state index in [0.29, 0.717) is 18.2 Å². The second kappa shape index (κ2) is 8.17. The lowest BCUT2D eigenvalue weighted by Crippen LogP contribution is -2.45. The van der Waals surface area contributed by atoms with Gasteiger partial charge in [-0.25, -0.2) is 0 Å². The Morgan fingerprint density at radius 3 is 2.12 bits per heavy atom. The van der Waals surface area contributed by atoms with Crippen LogP contribution in [0.3, 0.4) is 0 Å². The lowest BCUT2D eigenvalue weighted by atomic mass is 9.90. The summed E-state index contributed by atoms with van der Waals surface area (Å²) in [5.74, 6) is -0.0817. The molecule has 0 saturated heterocycles. The van der Waals surface area contributed by atoms with Gasteiger partial charge in [-0.15, -0.1) is 0 Å². The molecule has 0 spiro atoms. The molecule has 2 amide bonds. The number of hydrogen-bond donors (Lipinski definition) is 1. The molecule has 0 saturated carbocycles. The van der Waals surface area contributed by atoms with Gasteiger partial charge in [0.15, 0.2) is 0 Å². The number of hydrogen-bond acceptors (Lipinski definition) is 2. The molecule has 138 valence electrons. The summed E-state index contributed by atoms with van der Waals surface area (Å²) >= 11 is 0. The second-order valence-corrected chi connectivity index (χ2v) is 7.50. The fourth-order valence-corrected chi connectivity index (χ4v) is 2.74. The van der Waals surface area contributed by atoms with Crippen LogP contribution in [0.15, 0.2) is 54.6 Å². The Labute approximate surface area is 156 Å². The molecule has 0 aliphatic heterocycles. The standard InChI is InChI=1S/C22H28N2O2/c1-16(2)18-11-13-19(14-12-18)23-20(25)22(3,4)21(26)24(5)15-17-9-7-6-8-10-17/h6-14,16H,15H2,1-5H3,(H,23,25). The zero-order valence-corrected chi connectivity index (χ0v) is 16.2. The summed E-state index contributed by atoms with van der Waals surface area (Å²) in [6.07, 6.45) is 0. The van der Waals surface area contributed by atoms with Crippen LogP contribution in [0, 0.1) is 5.41 Å². The fourth-order valence-electron chi connectivity index (χ4n) is 2.74. The highest BCUT2D eigenvalue weighted by Gasteiger charge is 2.38. The number of rotatable bonds is 6. The van der Waals surface area contributed by atoms with Gasteiger partial charge in [0.05, 0.1) is 0 Å². The van der Waals surface area contributed by atoms with Gasteiger partial charge in [0.1, 0.15) is 5.41 Å². The molecule has 0 radical (unpaired) electrons. The summed E-state index contributed by atoms with van der Waals surface area (Å²) in [6.45, 7) is 8.04. The topological polar surface area (TPSA) is 49.4 Å². The van der Waals surface area contributed by atoms with Crippen molar-refractivity contribution in [3.63, 3.8) is 0 Å². The van der Waals surface area contributed by atoms with Crippen molar-refractivity contribution in [2.45, 2.75) is 40.2 Å². The molecule has 0 fully saturated rings. The molecule has 4 heteroatoms. The Balaban J connectivity index is 2.04. The molecule has 0 aliphatic carbocycles. The minimum atomic E-state index is -1.15. The van der Waals surface area contributed by atoms with Crippen LogP contribution in [0.1, 0.15) is 44.7 Å². The lowest BCUT2D eigenvalue weighted by Gasteiger charge is -2.28. The molecule has 2 rings (SSSR count). The Morgan fingerprint density at radius 1 is 1.00 bits per heavy atom. The van der Waals surface area contributed by atoms with Gasteiger partial charge in [-0.2, -0.15) is 0 Å². The lowest BCUT2D eigenvalue weighted by molar-refractivity contribution is -0.145. The van der Waals surface area contributed by atoms with Crippen molar-refractivity contribution in [3.05, 3.63) is 65.7 Å². The number of nitrogens with zero attached hydrogens (tertiary/aromatic N) is 1. The largest absolute Gasteiger partial charge is 0.341 e. The number of nitrogens with one attached hydrogen (secondary N) is 1. The van der Waals surface area contributed by atoms with E-state index in [1.165, 1.54) is 5.56 Å². The summed E-state index contributed by atoms with van der Waals surface area (Å²) in [5, 5.41) is 2.86. The Morgan fingerprint density at radius 2 is 1.58 bits per heavy atom. The van der Waals surface area contributed by atoms with Crippen LogP contribution in [0.4, 0.5) is 5.69 Å². The third-order valence-corrected chi connectivity index (χ3v) is 4.55. The molecular weight excluding hydrogens is 324 g/mol. The van der Waals surface area contributed by atoms with Crippen LogP contribution in [0.5, 0.6) is 0 Å². The maximum absolute atomic E-state index is 12.8. The van der Waals surface area contributed by atoms with Crippen molar-refractivity contribution in [2.75, 3.05) is 12.4 Å². The maximum Gasteiger partial charge on any atom is 0.239 e. The van der Waals surface area contributed by atoms with E-state index in [0.717, 1.165) is 5.56 Å². The van der Waals surface area contributed by atoms with Crippen LogP contribution in [0.25, 0.3) is 0 Å². The average Bonchev–Trinajstić information content (AvgIpc) is 2.62. The van der Waals surface area contributed by atoms with Crippen molar-refractivity contribution < 1.29 is 9.59 Å². The van der Waals surface area contributed by atoms with E-state index in [4.69, 9.17) is 0 Å². The number of carbonyl (C=O) groups excluding carboxylic acids is 2. The highest BCUT2D eigenvalue weighted by molar-refractivity contribution is 6.09. The van der Waals surface area contributed by atoms with Gasteiger partial charge in [-0.1, -0.05) is 56.3 Å². The van der Waals surface area contributed by atoms with E-state index >= 15 is 0 Å². The van der Waals surface area contributed by atoms with Crippen LogP contribution < -0.4 is 5.32 Å². The summed E-state index contributed by atoms with van der Waals surface area (Å²) in [6, 6.07) is 17.5. The number of anilines is 1. The maximum atomic E-state index is 12.8. The van der Waals surface area contributed by atoms with Crippen molar-refractivity contribution in [2.24, 2.45) is 5.41 Å². The highest BCUT2D eigenvalue weighted by Crippen LogP contribution is 2.23. The molecule has 0 bridgehead atoms. The van der Waals surface area contributed by atoms with Crippen LogP contribution in [0.2, 0.25) is 0 Å². The molecule has 1 N–H and O–H groups in total. The first kappa shape index (κ1) is 19.7. The fraction of sp³-hybridized carbons (Fsp3) is 0.364. The van der Waals surface area contributed by atoms with Crippen LogP contribution in [-0.2, 0) is 16.1 Å². The van der Waals surface area contributed by atoms with Crippen molar-refractivity contribution in [1.29, 1.82) is 0 Å². The predicted octanol–water partition coefficient (Wildman–Crippen LogP) is 4.43. The summed E-state index contributed by atoms with van der Waals surface area (Å²) < 4.78 is 0.